The fourth-order valence-corrected chi connectivity index (χ4v) is 4.21. The molecule has 0 aliphatic carbocycles. The number of carbonyl (C=O) groups is 3. The van der Waals surface area contributed by atoms with Crippen LogP contribution < -0.4 is 5.32 Å². The minimum Gasteiger partial charge on any atom is -0.480 e. The molecule has 0 saturated heterocycles. The van der Waals surface area contributed by atoms with Crippen molar-refractivity contribution in [3.63, 3.8) is 0 Å². The van der Waals surface area contributed by atoms with E-state index < -0.39 is 36.0 Å². The van der Waals surface area contributed by atoms with Gasteiger partial charge in [-0.15, -0.1) is 0 Å². The number of fused-ring (bicyclic) bond motifs is 2. The van der Waals surface area contributed by atoms with Gasteiger partial charge in [-0.2, -0.15) is 0 Å². The summed E-state index contributed by atoms with van der Waals surface area (Å²) in [6.45, 7) is 7.60. The first-order chi connectivity index (χ1) is 16.5. The van der Waals surface area contributed by atoms with Crippen LogP contribution >= 0.6 is 0 Å². The average molecular weight is 494 g/mol. The molecule has 0 aromatic carbocycles. The van der Waals surface area contributed by atoms with Gasteiger partial charge in [0.25, 0.3) is 0 Å². The number of hydrogen-bond donors (Lipinski definition) is 4. The van der Waals surface area contributed by atoms with E-state index in [4.69, 9.17) is 4.98 Å². The largest absolute Gasteiger partial charge is 0.480 e. The molecule has 3 unspecified atom stereocenters. The zero-order chi connectivity index (χ0) is 26.1. The monoisotopic (exact) mass is 493 g/mol. The molecule has 3 atom stereocenters. The summed E-state index contributed by atoms with van der Waals surface area (Å²) in [7, 11) is 1.90. The van der Waals surface area contributed by atoms with Gasteiger partial charge in [0.05, 0.1) is 11.4 Å². The van der Waals surface area contributed by atoms with E-state index >= 15 is 0 Å². The number of nitrogens with one attached hydrogen (secondary N) is 1. The van der Waals surface area contributed by atoms with E-state index in [-0.39, 0.29) is 0 Å². The Bertz CT molecular complexity index is 830. The molecule has 4 N–H and O–H groups in total. The summed E-state index contributed by atoms with van der Waals surface area (Å²) in [6.07, 6.45) is 1.74. The molecule has 1 aliphatic heterocycles. The van der Waals surface area contributed by atoms with Crippen LogP contribution in [0.2, 0.25) is 0 Å². The van der Waals surface area contributed by atoms with Crippen LogP contribution in [-0.4, -0.2) is 111 Å². The zero-order valence-electron chi connectivity index (χ0n) is 21.1. The van der Waals surface area contributed by atoms with E-state index in [0.29, 0.717) is 39.3 Å². The number of carboxylic acids is 3. The van der Waals surface area contributed by atoms with Crippen LogP contribution in [0, 0.1) is 0 Å². The van der Waals surface area contributed by atoms with E-state index in [1.807, 2.05) is 19.2 Å². The maximum Gasteiger partial charge on any atom is 0.320 e. The number of aryl methyl sites for hydroxylation is 1. The molecule has 11 heteroatoms. The van der Waals surface area contributed by atoms with Gasteiger partial charge in [0.2, 0.25) is 0 Å². The maximum atomic E-state index is 11.8. The van der Waals surface area contributed by atoms with Crippen LogP contribution in [0.15, 0.2) is 12.1 Å². The van der Waals surface area contributed by atoms with Gasteiger partial charge in [0.15, 0.2) is 0 Å². The van der Waals surface area contributed by atoms with Gasteiger partial charge in [0, 0.05) is 39.3 Å². The smallest absolute Gasteiger partial charge is 0.320 e. The van der Waals surface area contributed by atoms with E-state index in [0.717, 1.165) is 36.3 Å². The number of aliphatic carboxylic acids is 3. The predicted molar refractivity (Wildman–Crippen MR) is 130 cm³/mol. The molecule has 2 heterocycles. The molecule has 2 bridgehead atoms. The normalized spacial score (nSPS) is 19.2. The maximum absolute atomic E-state index is 11.8. The van der Waals surface area contributed by atoms with Crippen molar-refractivity contribution in [1.29, 1.82) is 0 Å². The van der Waals surface area contributed by atoms with Crippen molar-refractivity contribution in [2.45, 2.75) is 64.8 Å². The highest BCUT2D eigenvalue weighted by molar-refractivity contribution is 5.73. The Morgan fingerprint density at radius 3 is 1.63 bits per heavy atom. The molecule has 1 aliphatic rings. The highest BCUT2D eigenvalue weighted by Crippen LogP contribution is 2.17. The van der Waals surface area contributed by atoms with Crippen molar-refractivity contribution in [1.82, 2.24) is 25.0 Å². The molecule has 0 saturated carbocycles. The Balaban J connectivity index is 2.48. The zero-order valence-corrected chi connectivity index (χ0v) is 21.1. The van der Waals surface area contributed by atoms with Crippen molar-refractivity contribution < 1.29 is 29.7 Å². The third-order valence-electron chi connectivity index (χ3n) is 6.68. The molecule has 1 aromatic rings. The molecule has 196 valence electrons. The first-order valence-electron chi connectivity index (χ1n) is 12.1. The van der Waals surface area contributed by atoms with Crippen LogP contribution in [0.4, 0.5) is 0 Å². The predicted octanol–water partition coefficient (Wildman–Crippen LogP) is 0.573. The van der Waals surface area contributed by atoms with Crippen molar-refractivity contribution in [3.8, 4) is 0 Å². The molecule has 0 amide bonds. The molecular weight excluding hydrogens is 454 g/mol. The molecule has 0 radical (unpaired) electrons. The highest BCUT2D eigenvalue weighted by Gasteiger charge is 2.28. The summed E-state index contributed by atoms with van der Waals surface area (Å²) in [5.41, 5.74) is 2.51. The third-order valence-corrected chi connectivity index (χ3v) is 6.68. The Hall–Kier alpha value is -2.60. The SMILES string of the molecule is CNCCCc1cc2nc(c1)CN(C(C)C(=O)O)CCN(C(C)C(=O)O)CCN(C(C)C(=O)O)C2. The van der Waals surface area contributed by atoms with Crippen molar-refractivity contribution in [2.75, 3.05) is 39.8 Å². The lowest BCUT2D eigenvalue weighted by Crippen LogP contribution is -2.50. The van der Waals surface area contributed by atoms with Crippen LogP contribution in [0.1, 0.15) is 44.1 Å². The second-order valence-electron chi connectivity index (χ2n) is 9.18. The third kappa shape index (κ3) is 8.53. The van der Waals surface area contributed by atoms with Gasteiger partial charge >= 0.3 is 17.9 Å². The Kier molecular flexibility index (Phi) is 11.0. The molecule has 11 nitrogen and oxygen atoms in total. The minimum atomic E-state index is -0.981. The standard InChI is InChI=1S/C24H39N5O6/c1-16(22(30)31)27-8-10-28(17(2)23(32)33)14-20-12-19(6-5-7-25-4)13-21(26-20)15-29(11-9-27)18(3)24(34)35/h12-13,16-18,25H,5-11,14-15H2,1-4H3,(H,30,31)(H,32,33)(H,34,35). The first-order valence-corrected chi connectivity index (χ1v) is 12.1. The van der Waals surface area contributed by atoms with Crippen LogP contribution in [0.3, 0.4) is 0 Å². The second kappa shape index (κ2) is 13.5. The fourth-order valence-electron chi connectivity index (χ4n) is 4.21. The number of carboxylic acid groups (broad SMARTS) is 3. The lowest BCUT2D eigenvalue weighted by Gasteiger charge is -2.35. The molecule has 1 aromatic heterocycles. The summed E-state index contributed by atoms with van der Waals surface area (Å²) in [5.74, 6) is -2.89. The van der Waals surface area contributed by atoms with Gasteiger partial charge in [-0.3, -0.25) is 34.1 Å². The number of hydrogen-bond acceptors (Lipinski definition) is 8. The summed E-state index contributed by atoms with van der Waals surface area (Å²) in [5, 5.41) is 32.1. The van der Waals surface area contributed by atoms with Gasteiger partial charge in [-0.25, -0.2) is 0 Å². The van der Waals surface area contributed by atoms with Crippen LogP contribution in [0.5, 0.6) is 0 Å². The quantitative estimate of drug-likeness (QED) is 0.339. The van der Waals surface area contributed by atoms with Crippen LogP contribution in [0.25, 0.3) is 0 Å². The van der Waals surface area contributed by atoms with Gasteiger partial charge in [-0.05, 0) is 64.9 Å². The van der Waals surface area contributed by atoms with E-state index in [9.17, 15) is 29.7 Å². The average Bonchev–Trinajstić information content (AvgIpc) is 2.80. The highest BCUT2D eigenvalue weighted by atomic mass is 16.4. The lowest BCUT2D eigenvalue weighted by molar-refractivity contribution is -0.145. The van der Waals surface area contributed by atoms with Crippen molar-refractivity contribution in [3.05, 3.63) is 29.1 Å². The number of aromatic nitrogens is 1. The lowest BCUT2D eigenvalue weighted by atomic mass is 10.1. The number of pyridine rings is 1. The van der Waals surface area contributed by atoms with E-state index in [1.165, 1.54) is 0 Å². The van der Waals surface area contributed by atoms with Crippen molar-refractivity contribution in [2.24, 2.45) is 0 Å². The molecule has 2 rings (SSSR count). The Labute approximate surface area is 206 Å². The molecule has 0 fully saturated rings. The summed E-state index contributed by atoms with van der Waals surface area (Å²) in [6, 6.07) is 1.62. The first kappa shape index (κ1) is 28.6. The Morgan fingerprint density at radius 1 is 0.829 bits per heavy atom. The second-order valence-corrected chi connectivity index (χ2v) is 9.18. The van der Waals surface area contributed by atoms with E-state index in [1.54, 1.807) is 35.5 Å². The van der Waals surface area contributed by atoms with Gasteiger partial charge < -0.3 is 20.6 Å². The Morgan fingerprint density at radius 2 is 1.23 bits per heavy atom. The molecular formula is C24H39N5O6. The minimum absolute atomic E-state index is 0.296. The topological polar surface area (TPSA) is 147 Å². The number of rotatable bonds is 10. The van der Waals surface area contributed by atoms with E-state index in [2.05, 4.69) is 5.32 Å². The van der Waals surface area contributed by atoms with Gasteiger partial charge in [-0.1, -0.05) is 0 Å². The number of nitrogens with zero attached hydrogens (tertiary/aromatic N) is 4. The van der Waals surface area contributed by atoms with Gasteiger partial charge in [0.1, 0.15) is 18.1 Å². The molecule has 0 spiro atoms. The van der Waals surface area contributed by atoms with Crippen molar-refractivity contribution >= 4 is 17.9 Å². The fraction of sp³-hybridized carbons (Fsp3) is 0.667. The summed E-state index contributed by atoms with van der Waals surface area (Å²) >= 11 is 0. The summed E-state index contributed by atoms with van der Waals surface area (Å²) in [4.78, 5) is 45.5. The summed E-state index contributed by atoms with van der Waals surface area (Å²) < 4.78 is 0. The van der Waals surface area contributed by atoms with Crippen LogP contribution in [-0.2, 0) is 33.9 Å². The molecule has 35 heavy (non-hydrogen) atoms.